The van der Waals surface area contributed by atoms with Crippen LogP contribution in [0.2, 0.25) is 5.02 Å². The van der Waals surface area contributed by atoms with Gasteiger partial charge in [-0.1, -0.05) is 41.9 Å². The largest absolute Gasteiger partial charge is 0.376 e. The highest BCUT2D eigenvalue weighted by Crippen LogP contribution is 2.29. The van der Waals surface area contributed by atoms with Crippen molar-refractivity contribution in [3.63, 3.8) is 0 Å². The van der Waals surface area contributed by atoms with Crippen molar-refractivity contribution in [2.24, 2.45) is 4.99 Å². The molecule has 1 saturated heterocycles. The van der Waals surface area contributed by atoms with Gasteiger partial charge in [-0.3, -0.25) is 0 Å². The van der Waals surface area contributed by atoms with Crippen molar-refractivity contribution < 1.29 is 9.13 Å². The Bertz CT molecular complexity index is 976. The Morgan fingerprint density at radius 3 is 2.77 bits per heavy atom. The summed E-state index contributed by atoms with van der Waals surface area (Å²) in [6, 6.07) is 14.3. The average molecular weight is 389 g/mol. The van der Waals surface area contributed by atoms with Gasteiger partial charge in [0.25, 0.3) is 0 Å². The Kier molecular flexibility index (Phi) is 5.20. The predicted octanol–water partition coefficient (Wildman–Crippen LogP) is 5.42. The molecule has 3 nitrogen and oxygen atoms in total. The number of aromatic nitrogens is 1. The molecule has 1 fully saturated rings. The highest BCUT2D eigenvalue weighted by molar-refractivity contribution is 7.07. The normalized spacial score (nSPS) is 17.8. The number of halogens is 2. The van der Waals surface area contributed by atoms with E-state index in [0.29, 0.717) is 17.3 Å². The fourth-order valence-corrected chi connectivity index (χ4v) is 4.27. The molecule has 26 heavy (non-hydrogen) atoms. The van der Waals surface area contributed by atoms with Gasteiger partial charge in [-0.2, -0.15) is 0 Å². The highest BCUT2D eigenvalue weighted by Gasteiger charge is 2.19. The van der Waals surface area contributed by atoms with Gasteiger partial charge in [0.2, 0.25) is 0 Å². The smallest absolute Gasteiger partial charge is 0.190 e. The zero-order chi connectivity index (χ0) is 17.9. The number of thiazole rings is 1. The zero-order valence-corrected chi connectivity index (χ0v) is 15.6. The Hall–Kier alpha value is -1.95. The van der Waals surface area contributed by atoms with Crippen molar-refractivity contribution in [3.8, 4) is 11.3 Å². The van der Waals surface area contributed by atoms with Gasteiger partial charge >= 0.3 is 0 Å². The maximum absolute atomic E-state index is 14.1. The van der Waals surface area contributed by atoms with E-state index in [1.54, 1.807) is 18.2 Å². The van der Waals surface area contributed by atoms with Gasteiger partial charge in [0.1, 0.15) is 11.5 Å². The third-order valence-electron chi connectivity index (χ3n) is 4.43. The van der Waals surface area contributed by atoms with Crippen LogP contribution in [0, 0.1) is 5.82 Å². The van der Waals surface area contributed by atoms with Gasteiger partial charge in [0, 0.05) is 22.6 Å². The van der Waals surface area contributed by atoms with E-state index < -0.39 is 0 Å². The second kappa shape index (κ2) is 7.74. The van der Waals surface area contributed by atoms with Crippen LogP contribution < -0.4 is 4.80 Å². The number of nitrogens with zero attached hydrogens (tertiary/aromatic N) is 2. The van der Waals surface area contributed by atoms with E-state index in [-0.39, 0.29) is 11.9 Å². The molecule has 0 N–H and O–H groups in total. The molecular formula is C20H18ClFN2OS. The summed E-state index contributed by atoms with van der Waals surface area (Å²) in [4.78, 5) is 5.30. The second-order valence-corrected chi connectivity index (χ2v) is 7.44. The van der Waals surface area contributed by atoms with Gasteiger partial charge in [-0.15, -0.1) is 11.3 Å². The molecule has 0 saturated carbocycles. The number of para-hydroxylation sites is 1. The summed E-state index contributed by atoms with van der Waals surface area (Å²) in [7, 11) is 0. The minimum absolute atomic E-state index is 0.144. The second-order valence-electron chi connectivity index (χ2n) is 6.19. The van der Waals surface area contributed by atoms with Crippen LogP contribution in [0.15, 0.2) is 58.9 Å². The van der Waals surface area contributed by atoms with Crippen molar-refractivity contribution >= 4 is 28.6 Å². The maximum Gasteiger partial charge on any atom is 0.190 e. The van der Waals surface area contributed by atoms with E-state index in [0.717, 1.165) is 35.5 Å². The SMILES string of the molecule is Fc1ccccc1N=c1scc(-c2ccccc2Cl)n1C[C@H]1CCCO1. The van der Waals surface area contributed by atoms with Crippen LogP contribution >= 0.6 is 22.9 Å². The first-order chi connectivity index (χ1) is 12.7. The van der Waals surface area contributed by atoms with Crippen LogP contribution in [0.4, 0.5) is 10.1 Å². The third-order valence-corrected chi connectivity index (χ3v) is 5.62. The summed E-state index contributed by atoms with van der Waals surface area (Å²) < 4.78 is 22.0. The van der Waals surface area contributed by atoms with E-state index in [4.69, 9.17) is 16.3 Å². The summed E-state index contributed by atoms with van der Waals surface area (Å²) >= 11 is 7.89. The van der Waals surface area contributed by atoms with E-state index in [2.05, 4.69) is 9.56 Å². The molecule has 0 amide bonds. The Labute approximate surface area is 160 Å². The molecular weight excluding hydrogens is 371 g/mol. The van der Waals surface area contributed by atoms with E-state index in [9.17, 15) is 4.39 Å². The van der Waals surface area contributed by atoms with Crippen molar-refractivity contribution in [1.82, 2.24) is 4.57 Å². The Morgan fingerprint density at radius 1 is 1.19 bits per heavy atom. The number of ether oxygens (including phenoxy) is 1. The lowest BCUT2D eigenvalue weighted by molar-refractivity contribution is 0.0968. The summed E-state index contributed by atoms with van der Waals surface area (Å²) in [6.45, 7) is 1.47. The van der Waals surface area contributed by atoms with Crippen molar-refractivity contribution in [2.75, 3.05) is 6.61 Å². The predicted molar refractivity (Wildman–Crippen MR) is 103 cm³/mol. The Balaban J connectivity index is 1.84. The van der Waals surface area contributed by atoms with Crippen LogP contribution in [0.3, 0.4) is 0 Å². The molecule has 0 radical (unpaired) electrons. The standard InChI is InChI=1S/C20H18ClFN2OS/c21-16-8-2-1-7-15(16)19-13-26-20(23-18-10-4-3-9-17(18)22)24(19)12-14-6-5-11-25-14/h1-4,7-10,13-14H,5-6,11-12H2/t14-/m1/s1. The molecule has 0 unspecified atom stereocenters. The molecule has 1 aromatic heterocycles. The lowest BCUT2D eigenvalue weighted by atomic mass is 10.1. The van der Waals surface area contributed by atoms with Gasteiger partial charge < -0.3 is 9.30 Å². The molecule has 0 aliphatic carbocycles. The van der Waals surface area contributed by atoms with E-state index in [1.165, 1.54) is 17.4 Å². The molecule has 1 atom stereocenters. The number of benzene rings is 2. The first-order valence-corrected chi connectivity index (χ1v) is 9.82. The first kappa shape index (κ1) is 17.5. The average Bonchev–Trinajstić information content (AvgIpc) is 3.29. The van der Waals surface area contributed by atoms with Crippen molar-refractivity contribution in [3.05, 3.63) is 69.6 Å². The molecule has 0 bridgehead atoms. The monoisotopic (exact) mass is 388 g/mol. The lowest BCUT2D eigenvalue weighted by Gasteiger charge is -2.14. The minimum Gasteiger partial charge on any atom is -0.376 e. The molecule has 134 valence electrons. The first-order valence-electron chi connectivity index (χ1n) is 8.56. The number of hydrogen-bond acceptors (Lipinski definition) is 3. The fourth-order valence-electron chi connectivity index (χ4n) is 3.12. The molecule has 1 aliphatic rings. The van der Waals surface area contributed by atoms with Crippen LogP contribution in [0.25, 0.3) is 11.3 Å². The highest BCUT2D eigenvalue weighted by atomic mass is 35.5. The third kappa shape index (κ3) is 3.61. The molecule has 2 aromatic carbocycles. The number of hydrogen-bond donors (Lipinski definition) is 0. The molecule has 2 heterocycles. The summed E-state index contributed by atoms with van der Waals surface area (Å²) in [5.41, 5.74) is 2.26. The molecule has 4 rings (SSSR count). The molecule has 3 aromatic rings. The number of rotatable bonds is 4. The summed E-state index contributed by atoms with van der Waals surface area (Å²) in [5.74, 6) is -0.330. The van der Waals surface area contributed by atoms with Crippen LogP contribution in [-0.2, 0) is 11.3 Å². The van der Waals surface area contributed by atoms with Gasteiger partial charge in [0.15, 0.2) is 4.80 Å². The summed E-state index contributed by atoms with van der Waals surface area (Å²) in [6.07, 6.45) is 2.23. The van der Waals surface area contributed by atoms with Gasteiger partial charge in [-0.25, -0.2) is 9.38 Å². The maximum atomic E-state index is 14.1. The van der Waals surface area contributed by atoms with E-state index >= 15 is 0 Å². The van der Waals surface area contributed by atoms with Crippen LogP contribution in [0.1, 0.15) is 12.8 Å². The zero-order valence-electron chi connectivity index (χ0n) is 14.1. The minimum atomic E-state index is -0.330. The topological polar surface area (TPSA) is 26.5 Å². The van der Waals surface area contributed by atoms with Crippen LogP contribution in [-0.4, -0.2) is 17.3 Å². The molecule has 0 spiro atoms. The van der Waals surface area contributed by atoms with Crippen molar-refractivity contribution in [1.29, 1.82) is 0 Å². The molecule has 6 heteroatoms. The fraction of sp³-hybridized carbons (Fsp3) is 0.250. The lowest BCUT2D eigenvalue weighted by Crippen LogP contribution is -2.24. The quantitative estimate of drug-likeness (QED) is 0.586. The summed E-state index contributed by atoms with van der Waals surface area (Å²) in [5, 5.41) is 2.71. The van der Waals surface area contributed by atoms with E-state index in [1.807, 2.05) is 29.6 Å². The molecule has 1 aliphatic heterocycles. The van der Waals surface area contributed by atoms with Crippen LogP contribution in [0.5, 0.6) is 0 Å². The van der Waals surface area contributed by atoms with Gasteiger partial charge in [-0.05, 0) is 31.0 Å². The Morgan fingerprint density at radius 2 is 2.00 bits per heavy atom. The van der Waals surface area contributed by atoms with Gasteiger partial charge in [0.05, 0.1) is 18.3 Å². The van der Waals surface area contributed by atoms with Crippen molar-refractivity contribution in [2.45, 2.75) is 25.5 Å².